The molecule has 0 spiro atoms. The van der Waals surface area contributed by atoms with Gasteiger partial charge in [0, 0.05) is 19.3 Å². The fourth-order valence-electron chi connectivity index (χ4n) is 3.92. The van der Waals surface area contributed by atoms with Crippen LogP contribution in [0.1, 0.15) is 18.4 Å². The van der Waals surface area contributed by atoms with Crippen molar-refractivity contribution < 1.29 is 13.2 Å². The smallest absolute Gasteiger partial charge is 0.231 e. The highest BCUT2D eigenvalue weighted by atomic mass is 32.2. The second-order valence-corrected chi connectivity index (χ2v) is 12.2. The van der Waals surface area contributed by atoms with Gasteiger partial charge in [-0.05, 0) is 55.7 Å². The number of nitrogens with one attached hydrogen (secondary N) is 1. The van der Waals surface area contributed by atoms with Crippen molar-refractivity contribution in [1.29, 1.82) is 0 Å². The van der Waals surface area contributed by atoms with E-state index < -0.39 is 9.84 Å². The SMILES string of the molecule is Cc1ccc2nc(N3CCCC(C(=O)Nc4nc5ccc(S(C)(=O)=O)cc5s4)C3)sc2c1. The van der Waals surface area contributed by atoms with Crippen molar-refractivity contribution in [1.82, 2.24) is 9.97 Å². The third-order valence-electron chi connectivity index (χ3n) is 5.61. The number of carbonyl (C=O) groups excluding carboxylic acids is 1. The van der Waals surface area contributed by atoms with Gasteiger partial charge in [-0.2, -0.15) is 0 Å². The van der Waals surface area contributed by atoms with E-state index in [0.29, 0.717) is 17.2 Å². The molecule has 3 heterocycles. The van der Waals surface area contributed by atoms with Gasteiger partial charge in [0.25, 0.3) is 0 Å². The van der Waals surface area contributed by atoms with Crippen molar-refractivity contribution in [3.8, 4) is 0 Å². The molecule has 1 saturated heterocycles. The molecular formula is C22H22N4O3S3. The molecule has 1 atom stereocenters. The molecule has 1 N–H and O–H groups in total. The maximum Gasteiger partial charge on any atom is 0.231 e. The van der Waals surface area contributed by atoms with E-state index in [1.807, 2.05) is 6.07 Å². The van der Waals surface area contributed by atoms with E-state index in [1.165, 1.54) is 23.2 Å². The summed E-state index contributed by atoms with van der Waals surface area (Å²) >= 11 is 2.96. The average molecular weight is 487 g/mol. The summed E-state index contributed by atoms with van der Waals surface area (Å²) in [6.07, 6.45) is 2.92. The molecule has 5 rings (SSSR count). The Labute approximate surface area is 194 Å². The minimum atomic E-state index is -3.29. The lowest BCUT2D eigenvalue weighted by molar-refractivity contribution is -0.120. The van der Waals surface area contributed by atoms with Crippen molar-refractivity contribution in [2.45, 2.75) is 24.7 Å². The Kier molecular flexibility index (Phi) is 5.39. The van der Waals surface area contributed by atoms with Crippen LogP contribution in [0.15, 0.2) is 41.3 Å². The second-order valence-electron chi connectivity index (χ2n) is 8.16. The van der Waals surface area contributed by atoms with Gasteiger partial charge in [0.05, 0.1) is 31.2 Å². The van der Waals surface area contributed by atoms with Crippen LogP contribution < -0.4 is 10.2 Å². The number of fused-ring (bicyclic) bond motifs is 2. The highest BCUT2D eigenvalue weighted by Crippen LogP contribution is 2.33. The number of benzene rings is 2. The normalized spacial score (nSPS) is 17.2. The molecule has 32 heavy (non-hydrogen) atoms. The van der Waals surface area contributed by atoms with E-state index >= 15 is 0 Å². The summed E-state index contributed by atoms with van der Waals surface area (Å²) < 4.78 is 25.5. The summed E-state index contributed by atoms with van der Waals surface area (Å²) in [6.45, 7) is 3.58. The molecule has 166 valence electrons. The summed E-state index contributed by atoms with van der Waals surface area (Å²) in [5.41, 5.74) is 2.88. The molecule has 1 unspecified atom stereocenters. The van der Waals surface area contributed by atoms with Crippen molar-refractivity contribution in [3.63, 3.8) is 0 Å². The van der Waals surface area contributed by atoms with E-state index in [-0.39, 0.29) is 16.7 Å². The molecule has 7 nitrogen and oxygen atoms in total. The lowest BCUT2D eigenvalue weighted by atomic mass is 9.97. The lowest BCUT2D eigenvalue weighted by Crippen LogP contribution is -2.40. The van der Waals surface area contributed by atoms with Crippen LogP contribution in [0, 0.1) is 12.8 Å². The third-order valence-corrected chi connectivity index (χ3v) is 8.74. The zero-order valence-corrected chi connectivity index (χ0v) is 20.1. The molecule has 1 aliphatic heterocycles. The Hall–Kier alpha value is -2.56. The quantitative estimate of drug-likeness (QED) is 0.457. The van der Waals surface area contributed by atoms with E-state index in [9.17, 15) is 13.2 Å². The number of sulfone groups is 1. The van der Waals surface area contributed by atoms with Crippen LogP contribution in [-0.4, -0.2) is 43.6 Å². The van der Waals surface area contributed by atoms with Crippen LogP contribution in [0.5, 0.6) is 0 Å². The number of rotatable bonds is 4. The highest BCUT2D eigenvalue weighted by molar-refractivity contribution is 7.90. The zero-order valence-electron chi connectivity index (χ0n) is 17.7. The number of aryl methyl sites for hydroxylation is 1. The van der Waals surface area contributed by atoms with E-state index in [0.717, 1.165) is 39.4 Å². The van der Waals surface area contributed by atoms with E-state index in [4.69, 9.17) is 4.98 Å². The molecule has 0 radical (unpaired) electrons. The van der Waals surface area contributed by atoms with Gasteiger partial charge in [0.15, 0.2) is 20.1 Å². The van der Waals surface area contributed by atoms with E-state index in [2.05, 4.69) is 34.3 Å². The summed E-state index contributed by atoms with van der Waals surface area (Å²) in [5.74, 6) is -0.217. The van der Waals surface area contributed by atoms with Gasteiger partial charge >= 0.3 is 0 Å². The maximum atomic E-state index is 13.0. The molecular weight excluding hydrogens is 464 g/mol. The fraction of sp³-hybridized carbons (Fsp3) is 0.318. The van der Waals surface area contributed by atoms with Gasteiger partial charge < -0.3 is 10.2 Å². The first-order valence-electron chi connectivity index (χ1n) is 10.3. The first kappa shape index (κ1) is 21.3. The molecule has 10 heteroatoms. The molecule has 1 fully saturated rings. The maximum absolute atomic E-state index is 13.0. The number of thiazole rings is 2. The van der Waals surface area contributed by atoms with Gasteiger partial charge in [-0.25, -0.2) is 18.4 Å². The van der Waals surface area contributed by atoms with Crippen molar-refractivity contribution in [2.24, 2.45) is 5.92 Å². The average Bonchev–Trinajstić information content (AvgIpc) is 3.35. The predicted octanol–water partition coefficient (Wildman–Crippen LogP) is 4.47. The molecule has 0 aliphatic carbocycles. The molecule has 2 aromatic carbocycles. The number of nitrogens with zero attached hydrogens (tertiary/aromatic N) is 3. The highest BCUT2D eigenvalue weighted by Gasteiger charge is 2.28. The minimum Gasteiger partial charge on any atom is -0.347 e. The van der Waals surface area contributed by atoms with Crippen LogP contribution in [0.4, 0.5) is 10.3 Å². The Morgan fingerprint density at radius 3 is 2.66 bits per heavy atom. The molecule has 2 aromatic heterocycles. The van der Waals surface area contributed by atoms with Crippen LogP contribution in [0.25, 0.3) is 20.4 Å². The van der Waals surface area contributed by atoms with Crippen LogP contribution in [-0.2, 0) is 14.6 Å². The Balaban J connectivity index is 1.31. The summed E-state index contributed by atoms with van der Waals surface area (Å²) in [5, 5.41) is 4.38. The number of aromatic nitrogens is 2. The van der Waals surface area contributed by atoms with Crippen LogP contribution in [0.2, 0.25) is 0 Å². The second kappa shape index (κ2) is 8.09. The van der Waals surface area contributed by atoms with Crippen molar-refractivity contribution in [3.05, 3.63) is 42.0 Å². The fourth-order valence-corrected chi connectivity index (χ4v) is 6.64. The largest absolute Gasteiger partial charge is 0.347 e. The molecule has 4 aromatic rings. The van der Waals surface area contributed by atoms with Crippen molar-refractivity contribution >= 4 is 69.1 Å². The molecule has 0 saturated carbocycles. The monoisotopic (exact) mass is 486 g/mol. The van der Waals surface area contributed by atoms with Crippen LogP contribution in [0.3, 0.4) is 0 Å². The Bertz CT molecular complexity index is 1440. The van der Waals surface area contributed by atoms with Crippen LogP contribution >= 0.6 is 22.7 Å². The number of amides is 1. The number of anilines is 2. The number of hydrogen-bond donors (Lipinski definition) is 1. The third kappa shape index (κ3) is 4.22. The summed E-state index contributed by atoms with van der Waals surface area (Å²) in [4.78, 5) is 24.6. The number of piperidine rings is 1. The summed E-state index contributed by atoms with van der Waals surface area (Å²) in [6, 6.07) is 11.1. The minimum absolute atomic E-state index is 0.0611. The van der Waals surface area contributed by atoms with Gasteiger partial charge in [-0.3, -0.25) is 4.79 Å². The van der Waals surface area contributed by atoms with Gasteiger partial charge in [-0.15, -0.1) is 0 Å². The first-order valence-corrected chi connectivity index (χ1v) is 13.8. The Morgan fingerprint density at radius 2 is 1.84 bits per heavy atom. The topological polar surface area (TPSA) is 92.3 Å². The first-order chi connectivity index (χ1) is 15.3. The van der Waals surface area contributed by atoms with Crippen molar-refractivity contribution in [2.75, 3.05) is 29.6 Å². The standard InChI is InChI=1S/C22H22N4O3S3/c1-13-5-7-17-18(10-13)31-22(24-17)26-9-3-4-14(12-26)20(27)25-21-23-16-8-6-15(32(2,28)29)11-19(16)30-21/h5-8,10-11,14H,3-4,9,12H2,1-2H3,(H,23,25,27). The van der Waals surface area contributed by atoms with Gasteiger partial charge in [0.1, 0.15) is 0 Å². The zero-order chi connectivity index (χ0) is 22.5. The van der Waals surface area contributed by atoms with E-state index in [1.54, 1.807) is 29.5 Å². The molecule has 0 bridgehead atoms. The summed E-state index contributed by atoms with van der Waals surface area (Å²) in [7, 11) is -3.29. The van der Waals surface area contributed by atoms with Gasteiger partial charge in [-0.1, -0.05) is 28.7 Å². The Morgan fingerprint density at radius 1 is 1.09 bits per heavy atom. The number of hydrogen-bond acceptors (Lipinski definition) is 8. The molecule has 1 aliphatic rings. The van der Waals surface area contributed by atoms with Gasteiger partial charge in [0.2, 0.25) is 5.91 Å². The number of carbonyl (C=O) groups is 1. The lowest BCUT2D eigenvalue weighted by Gasteiger charge is -2.31. The molecule has 1 amide bonds. The predicted molar refractivity (Wildman–Crippen MR) is 131 cm³/mol.